The number of benzene rings is 2. The van der Waals surface area contributed by atoms with Crippen LogP contribution in [0.3, 0.4) is 0 Å². The average Bonchev–Trinajstić information content (AvgIpc) is 3.25. The van der Waals surface area contributed by atoms with Gasteiger partial charge in [0.15, 0.2) is 5.65 Å². The van der Waals surface area contributed by atoms with E-state index in [4.69, 9.17) is 15.1 Å². The van der Waals surface area contributed by atoms with Crippen LogP contribution in [-0.2, 0) is 0 Å². The predicted molar refractivity (Wildman–Crippen MR) is 139 cm³/mol. The molecule has 1 fully saturated rings. The summed E-state index contributed by atoms with van der Waals surface area (Å²) in [4.78, 5) is 26.9. The second-order valence-corrected chi connectivity index (χ2v) is 9.55. The summed E-state index contributed by atoms with van der Waals surface area (Å²) in [6.45, 7) is 8.43. The molecule has 7 nitrogen and oxygen atoms in total. The number of fused-ring (bicyclic) bond motifs is 1. The minimum absolute atomic E-state index is 0.106. The second kappa shape index (κ2) is 10.2. The number of piperazine rings is 1. The van der Waals surface area contributed by atoms with E-state index in [9.17, 15) is 13.6 Å². The lowest BCUT2D eigenvalue weighted by Gasteiger charge is -2.36. The quantitative estimate of drug-likeness (QED) is 0.358. The minimum Gasteiger partial charge on any atom is -0.352 e. The van der Waals surface area contributed by atoms with Gasteiger partial charge in [-0.15, -0.1) is 0 Å². The van der Waals surface area contributed by atoms with E-state index in [1.807, 2.05) is 6.92 Å². The van der Waals surface area contributed by atoms with Crippen molar-refractivity contribution in [3.8, 4) is 5.69 Å². The van der Waals surface area contributed by atoms with Crippen molar-refractivity contribution in [2.24, 2.45) is 0 Å². The third-order valence-electron chi connectivity index (χ3n) is 6.89. The molecule has 1 aliphatic rings. The first-order valence-electron chi connectivity index (χ1n) is 12.7. The van der Waals surface area contributed by atoms with E-state index in [-0.39, 0.29) is 23.5 Å². The Morgan fingerprint density at radius 2 is 1.57 bits per heavy atom. The van der Waals surface area contributed by atoms with E-state index in [0.29, 0.717) is 37.4 Å². The first-order valence-corrected chi connectivity index (χ1v) is 12.7. The topological polar surface area (TPSA) is 67.2 Å². The van der Waals surface area contributed by atoms with Crippen LogP contribution in [0, 0.1) is 18.6 Å². The van der Waals surface area contributed by atoms with E-state index >= 15 is 0 Å². The Morgan fingerprint density at radius 1 is 0.946 bits per heavy atom. The van der Waals surface area contributed by atoms with E-state index in [1.165, 1.54) is 36.4 Å². The molecule has 0 N–H and O–H groups in total. The van der Waals surface area contributed by atoms with Gasteiger partial charge in [0.2, 0.25) is 0 Å². The lowest BCUT2D eigenvalue weighted by molar-refractivity contribution is 0.0746. The summed E-state index contributed by atoms with van der Waals surface area (Å²) in [6.07, 6.45) is 1.97. The van der Waals surface area contributed by atoms with E-state index < -0.39 is 0 Å². The van der Waals surface area contributed by atoms with Gasteiger partial charge in [0.25, 0.3) is 5.91 Å². The van der Waals surface area contributed by atoms with Gasteiger partial charge >= 0.3 is 0 Å². The SMILES string of the molecule is CCC[C@H](C)c1nc(N2CCN(C(=O)c3ccc(F)cc3)CC2)c2c(C)nn(-c3ccc(F)cc3)c2n1. The smallest absolute Gasteiger partial charge is 0.253 e. The van der Waals surface area contributed by atoms with Crippen LogP contribution in [0.15, 0.2) is 48.5 Å². The maximum atomic E-state index is 13.6. The van der Waals surface area contributed by atoms with Gasteiger partial charge in [0.1, 0.15) is 23.3 Å². The predicted octanol–water partition coefficient (Wildman–Crippen LogP) is 5.27. The van der Waals surface area contributed by atoms with Crippen LogP contribution in [0.2, 0.25) is 0 Å². The van der Waals surface area contributed by atoms with Crippen molar-refractivity contribution < 1.29 is 13.6 Å². The molecule has 0 saturated carbocycles. The summed E-state index contributed by atoms with van der Waals surface area (Å²) in [5.41, 5.74) is 2.69. The molecule has 1 saturated heterocycles. The Hall–Kier alpha value is -3.88. The number of rotatable bonds is 6. The number of carbonyl (C=O) groups excluding carboxylic acids is 1. The van der Waals surface area contributed by atoms with Gasteiger partial charge in [-0.3, -0.25) is 4.79 Å². The number of aromatic nitrogens is 4. The Bertz CT molecular complexity index is 1410. The van der Waals surface area contributed by atoms with E-state index in [2.05, 4.69) is 18.7 Å². The maximum absolute atomic E-state index is 13.6. The highest BCUT2D eigenvalue weighted by molar-refractivity contribution is 5.95. The zero-order chi connectivity index (χ0) is 26.1. The fourth-order valence-corrected chi connectivity index (χ4v) is 4.85. The van der Waals surface area contributed by atoms with Crippen LogP contribution >= 0.6 is 0 Å². The van der Waals surface area contributed by atoms with Gasteiger partial charge in [-0.25, -0.2) is 23.4 Å². The normalized spacial score (nSPS) is 14.8. The van der Waals surface area contributed by atoms with Crippen molar-refractivity contribution in [2.45, 2.75) is 39.5 Å². The monoisotopic (exact) mass is 504 g/mol. The molecule has 1 aliphatic heterocycles. The highest BCUT2D eigenvalue weighted by Crippen LogP contribution is 2.32. The lowest BCUT2D eigenvalue weighted by atomic mass is 10.1. The van der Waals surface area contributed by atoms with Gasteiger partial charge in [-0.05, 0) is 61.9 Å². The van der Waals surface area contributed by atoms with Crippen LogP contribution in [-0.4, -0.2) is 56.7 Å². The Morgan fingerprint density at radius 3 is 2.19 bits per heavy atom. The van der Waals surface area contributed by atoms with Crippen LogP contribution < -0.4 is 4.90 Å². The number of anilines is 1. The third-order valence-corrected chi connectivity index (χ3v) is 6.89. The van der Waals surface area contributed by atoms with Crippen molar-refractivity contribution in [1.29, 1.82) is 0 Å². The molecule has 3 heterocycles. The standard InChI is InChI=1S/C28H30F2N6O/c1-4-5-18(2)25-31-26(24-19(3)33-36(27(24)32-25)23-12-10-22(30)11-13-23)34-14-16-35(17-15-34)28(37)20-6-8-21(29)9-7-20/h6-13,18H,4-5,14-17H2,1-3H3/t18-/m0/s1. The molecule has 0 radical (unpaired) electrons. The average molecular weight is 505 g/mol. The maximum Gasteiger partial charge on any atom is 0.253 e. The van der Waals surface area contributed by atoms with Crippen LogP contribution in [0.5, 0.6) is 0 Å². The molecule has 0 bridgehead atoms. The van der Waals surface area contributed by atoms with Gasteiger partial charge in [-0.2, -0.15) is 5.10 Å². The molecular formula is C28H30F2N6O. The van der Waals surface area contributed by atoms with Crippen LogP contribution in [0.25, 0.3) is 16.7 Å². The number of aryl methyl sites for hydroxylation is 1. The summed E-state index contributed by atoms with van der Waals surface area (Å²) in [6, 6.07) is 11.9. The van der Waals surface area contributed by atoms with Crippen LogP contribution in [0.4, 0.5) is 14.6 Å². The molecule has 2 aromatic carbocycles. The molecule has 0 aliphatic carbocycles. The fourth-order valence-electron chi connectivity index (χ4n) is 4.85. The van der Waals surface area contributed by atoms with Crippen molar-refractivity contribution >= 4 is 22.8 Å². The number of carbonyl (C=O) groups is 1. The second-order valence-electron chi connectivity index (χ2n) is 9.55. The molecule has 192 valence electrons. The van der Waals surface area contributed by atoms with Gasteiger partial charge in [0, 0.05) is 37.7 Å². The molecule has 2 aromatic heterocycles. The number of hydrogen-bond acceptors (Lipinski definition) is 5. The molecule has 1 atom stereocenters. The third kappa shape index (κ3) is 4.90. The van der Waals surface area contributed by atoms with Crippen molar-refractivity contribution in [2.75, 3.05) is 31.1 Å². The van der Waals surface area contributed by atoms with E-state index in [1.54, 1.807) is 21.7 Å². The van der Waals surface area contributed by atoms with Gasteiger partial charge < -0.3 is 9.80 Å². The highest BCUT2D eigenvalue weighted by Gasteiger charge is 2.27. The van der Waals surface area contributed by atoms with Crippen molar-refractivity contribution in [3.05, 3.63) is 77.2 Å². The molecule has 1 amide bonds. The Kier molecular flexibility index (Phi) is 6.86. The zero-order valence-corrected chi connectivity index (χ0v) is 21.3. The molecule has 4 aromatic rings. The Labute approximate surface area is 214 Å². The first-order chi connectivity index (χ1) is 17.9. The van der Waals surface area contributed by atoms with Crippen molar-refractivity contribution in [1.82, 2.24) is 24.6 Å². The highest BCUT2D eigenvalue weighted by atomic mass is 19.1. The molecular weight excluding hydrogens is 474 g/mol. The number of halogens is 2. The zero-order valence-electron chi connectivity index (χ0n) is 21.3. The first kappa shape index (κ1) is 24.8. The van der Waals surface area contributed by atoms with Crippen molar-refractivity contribution in [3.63, 3.8) is 0 Å². The van der Waals surface area contributed by atoms with Crippen LogP contribution in [0.1, 0.15) is 54.5 Å². The minimum atomic E-state index is -0.362. The lowest BCUT2D eigenvalue weighted by Crippen LogP contribution is -2.49. The fraction of sp³-hybridized carbons (Fsp3) is 0.357. The molecule has 0 spiro atoms. The molecule has 0 unspecified atom stereocenters. The summed E-state index contributed by atoms with van der Waals surface area (Å²) in [7, 11) is 0. The molecule has 5 rings (SSSR count). The summed E-state index contributed by atoms with van der Waals surface area (Å²) < 4.78 is 28.6. The molecule has 37 heavy (non-hydrogen) atoms. The summed E-state index contributed by atoms with van der Waals surface area (Å²) in [5.74, 6) is 0.938. The Balaban J connectivity index is 1.49. The largest absolute Gasteiger partial charge is 0.352 e. The number of amides is 1. The van der Waals surface area contributed by atoms with Gasteiger partial charge in [0.05, 0.1) is 16.8 Å². The summed E-state index contributed by atoms with van der Waals surface area (Å²) in [5, 5.41) is 5.61. The van der Waals surface area contributed by atoms with Gasteiger partial charge in [-0.1, -0.05) is 20.3 Å². The number of nitrogens with zero attached hydrogens (tertiary/aromatic N) is 6. The molecule has 9 heteroatoms. The number of hydrogen-bond donors (Lipinski definition) is 0. The summed E-state index contributed by atoms with van der Waals surface area (Å²) >= 11 is 0. The van der Waals surface area contributed by atoms with E-state index in [0.717, 1.165) is 41.3 Å².